The number of nitrogens with zero attached hydrogens (tertiary/aromatic N) is 1. The van der Waals surface area contributed by atoms with Gasteiger partial charge in [0, 0.05) is 31.7 Å². The number of piperidine rings is 1. The van der Waals surface area contributed by atoms with Gasteiger partial charge in [-0.25, -0.2) is 0 Å². The standard InChI is InChI=1S/C10H19ClN2O/c1-9(6-11)7-13-4-2-10(14,8-12)3-5-13/h6,14H,2-5,7-8,12H2,1H3/b9-6+. The zero-order chi connectivity index (χ0) is 10.6. The van der Waals surface area contributed by atoms with Crippen LogP contribution >= 0.6 is 11.6 Å². The first kappa shape index (κ1) is 12.0. The lowest BCUT2D eigenvalue weighted by Gasteiger charge is -2.37. The third-order valence-electron chi connectivity index (χ3n) is 2.83. The minimum absolute atomic E-state index is 0.366. The van der Waals surface area contributed by atoms with Gasteiger partial charge in [0.25, 0.3) is 0 Å². The van der Waals surface area contributed by atoms with Gasteiger partial charge in [0.1, 0.15) is 0 Å². The summed E-state index contributed by atoms with van der Waals surface area (Å²) in [7, 11) is 0. The lowest BCUT2D eigenvalue weighted by atomic mass is 9.91. The van der Waals surface area contributed by atoms with E-state index in [2.05, 4.69) is 4.90 Å². The number of likely N-dealkylation sites (tertiary alicyclic amines) is 1. The fraction of sp³-hybridized carbons (Fsp3) is 0.800. The molecular formula is C10H19ClN2O. The van der Waals surface area contributed by atoms with E-state index in [0.717, 1.165) is 38.0 Å². The summed E-state index contributed by atoms with van der Waals surface area (Å²) < 4.78 is 0. The molecule has 0 saturated carbocycles. The highest BCUT2D eigenvalue weighted by Crippen LogP contribution is 2.21. The quantitative estimate of drug-likeness (QED) is 0.741. The number of halogens is 1. The molecule has 0 amide bonds. The molecule has 1 fully saturated rings. The summed E-state index contributed by atoms with van der Waals surface area (Å²) in [6.45, 7) is 5.07. The molecule has 0 aromatic heterocycles. The minimum Gasteiger partial charge on any atom is -0.388 e. The van der Waals surface area contributed by atoms with Crippen LogP contribution in [0, 0.1) is 0 Å². The number of aliphatic hydroxyl groups is 1. The average Bonchev–Trinajstić information content (AvgIpc) is 2.21. The van der Waals surface area contributed by atoms with Gasteiger partial charge in [-0.1, -0.05) is 11.6 Å². The van der Waals surface area contributed by atoms with Gasteiger partial charge in [0.2, 0.25) is 0 Å². The van der Waals surface area contributed by atoms with Gasteiger partial charge in [-0.15, -0.1) is 0 Å². The summed E-state index contributed by atoms with van der Waals surface area (Å²) in [6, 6.07) is 0. The summed E-state index contributed by atoms with van der Waals surface area (Å²) in [5.41, 5.74) is 7.65. The van der Waals surface area contributed by atoms with Crippen LogP contribution in [0.1, 0.15) is 19.8 Å². The summed E-state index contributed by atoms with van der Waals surface area (Å²) in [5, 5.41) is 9.90. The maximum atomic E-state index is 9.90. The molecule has 0 aromatic rings. The van der Waals surface area contributed by atoms with Crippen molar-refractivity contribution in [3.8, 4) is 0 Å². The summed E-state index contributed by atoms with van der Waals surface area (Å²) in [4.78, 5) is 2.29. The van der Waals surface area contributed by atoms with Crippen molar-refractivity contribution in [2.75, 3.05) is 26.2 Å². The van der Waals surface area contributed by atoms with E-state index in [0.29, 0.717) is 6.54 Å². The normalized spacial score (nSPS) is 23.9. The Morgan fingerprint density at radius 2 is 2.14 bits per heavy atom. The third-order valence-corrected chi connectivity index (χ3v) is 3.20. The Hall–Kier alpha value is -0.0900. The number of rotatable bonds is 3. The first-order valence-corrected chi connectivity index (χ1v) is 5.44. The van der Waals surface area contributed by atoms with Crippen LogP contribution in [0.2, 0.25) is 0 Å². The van der Waals surface area contributed by atoms with Crippen molar-refractivity contribution in [3.05, 3.63) is 11.1 Å². The molecule has 1 aliphatic heterocycles. The fourth-order valence-electron chi connectivity index (χ4n) is 1.72. The van der Waals surface area contributed by atoms with E-state index in [1.165, 1.54) is 0 Å². The maximum Gasteiger partial charge on any atom is 0.0793 e. The van der Waals surface area contributed by atoms with Gasteiger partial charge in [-0.2, -0.15) is 0 Å². The van der Waals surface area contributed by atoms with Crippen LogP contribution in [0.15, 0.2) is 11.1 Å². The molecule has 3 nitrogen and oxygen atoms in total. The number of hydrogen-bond donors (Lipinski definition) is 2. The Kier molecular flexibility index (Phi) is 4.38. The minimum atomic E-state index is -0.630. The van der Waals surface area contributed by atoms with Crippen molar-refractivity contribution < 1.29 is 5.11 Å². The van der Waals surface area contributed by atoms with Crippen molar-refractivity contribution in [2.45, 2.75) is 25.4 Å². The SMILES string of the molecule is C/C(=C\Cl)CN1CCC(O)(CN)CC1. The summed E-state index contributed by atoms with van der Waals surface area (Å²) in [6.07, 6.45) is 1.53. The second-order valence-electron chi connectivity index (χ2n) is 4.16. The topological polar surface area (TPSA) is 49.5 Å². The molecule has 1 rings (SSSR count). The molecule has 4 heteroatoms. The highest BCUT2D eigenvalue weighted by molar-refractivity contribution is 6.25. The molecule has 1 saturated heterocycles. The molecule has 1 aliphatic rings. The Morgan fingerprint density at radius 1 is 1.57 bits per heavy atom. The van der Waals surface area contributed by atoms with Crippen LogP contribution in [0.25, 0.3) is 0 Å². The summed E-state index contributed by atoms with van der Waals surface area (Å²) >= 11 is 5.60. The van der Waals surface area contributed by atoms with Crippen molar-refractivity contribution in [3.63, 3.8) is 0 Å². The van der Waals surface area contributed by atoms with E-state index >= 15 is 0 Å². The van der Waals surface area contributed by atoms with Gasteiger partial charge in [-0.05, 0) is 25.3 Å². The highest BCUT2D eigenvalue weighted by Gasteiger charge is 2.30. The molecule has 3 N–H and O–H groups in total. The van der Waals surface area contributed by atoms with Crippen molar-refractivity contribution in [1.82, 2.24) is 4.90 Å². The van der Waals surface area contributed by atoms with E-state index in [-0.39, 0.29) is 0 Å². The molecule has 0 unspecified atom stereocenters. The van der Waals surface area contributed by atoms with E-state index < -0.39 is 5.60 Å². The lowest BCUT2D eigenvalue weighted by molar-refractivity contribution is -0.0113. The molecule has 14 heavy (non-hydrogen) atoms. The molecule has 0 radical (unpaired) electrons. The predicted molar refractivity (Wildman–Crippen MR) is 59.3 cm³/mol. The van der Waals surface area contributed by atoms with E-state index in [4.69, 9.17) is 17.3 Å². The van der Waals surface area contributed by atoms with Crippen molar-refractivity contribution in [2.24, 2.45) is 5.73 Å². The second kappa shape index (κ2) is 5.12. The predicted octanol–water partition coefficient (Wildman–Crippen LogP) is 0.915. The molecule has 0 aliphatic carbocycles. The summed E-state index contributed by atoms with van der Waals surface area (Å²) in [5.74, 6) is 0. The Bertz CT molecular complexity index is 210. The molecule has 0 aromatic carbocycles. The maximum absolute atomic E-state index is 9.90. The van der Waals surface area contributed by atoms with E-state index in [9.17, 15) is 5.11 Å². The zero-order valence-corrected chi connectivity index (χ0v) is 9.43. The molecule has 1 heterocycles. The first-order valence-electron chi connectivity index (χ1n) is 5.00. The highest BCUT2D eigenvalue weighted by atomic mass is 35.5. The Morgan fingerprint density at radius 3 is 2.57 bits per heavy atom. The average molecular weight is 219 g/mol. The van der Waals surface area contributed by atoms with Gasteiger partial charge < -0.3 is 10.8 Å². The van der Waals surface area contributed by atoms with Crippen LogP contribution < -0.4 is 5.73 Å². The molecule has 82 valence electrons. The number of nitrogens with two attached hydrogens (primary N) is 1. The Balaban J connectivity index is 2.36. The van der Waals surface area contributed by atoms with Gasteiger partial charge in [0.15, 0.2) is 0 Å². The van der Waals surface area contributed by atoms with Crippen LogP contribution in [0.4, 0.5) is 0 Å². The third kappa shape index (κ3) is 3.24. The second-order valence-corrected chi connectivity index (χ2v) is 4.38. The monoisotopic (exact) mass is 218 g/mol. The van der Waals surface area contributed by atoms with Crippen LogP contribution in [-0.4, -0.2) is 41.8 Å². The lowest BCUT2D eigenvalue weighted by Crippen LogP contribution is -2.48. The first-order chi connectivity index (χ1) is 6.59. The van der Waals surface area contributed by atoms with Crippen LogP contribution in [0.3, 0.4) is 0 Å². The van der Waals surface area contributed by atoms with Crippen LogP contribution in [0.5, 0.6) is 0 Å². The molecular weight excluding hydrogens is 200 g/mol. The Labute approximate surface area is 90.5 Å². The smallest absolute Gasteiger partial charge is 0.0793 e. The molecule has 0 atom stereocenters. The van der Waals surface area contributed by atoms with Crippen molar-refractivity contribution >= 4 is 11.6 Å². The van der Waals surface area contributed by atoms with E-state index in [1.807, 2.05) is 6.92 Å². The fourth-order valence-corrected chi connectivity index (χ4v) is 1.79. The van der Waals surface area contributed by atoms with Crippen molar-refractivity contribution in [1.29, 1.82) is 0 Å². The number of hydrogen-bond acceptors (Lipinski definition) is 3. The zero-order valence-electron chi connectivity index (χ0n) is 8.67. The van der Waals surface area contributed by atoms with Gasteiger partial charge in [0.05, 0.1) is 5.60 Å². The molecule has 0 bridgehead atoms. The van der Waals surface area contributed by atoms with Crippen LogP contribution in [-0.2, 0) is 0 Å². The molecule has 0 spiro atoms. The largest absolute Gasteiger partial charge is 0.388 e. The van der Waals surface area contributed by atoms with E-state index in [1.54, 1.807) is 5.54 Å². The van der Waals surface area contributed by atoms with Gasteiger partial charge >= 0.3 is 0 Å². The van der Waals surface area contributed by atoms with Gasteiger partial charge in [-0.3, -0.25) is 4.90 Å².